The molecule has 4 aliphatic rings. The number of carbonyl (C=O) groups excluding carboxylic acids is 1. The van der Waals surface area contributed by atoms with E-state index in [2.05, 4.69) is 20.8 Å². The second-order valence-electron chi connectivity index (χ2n) is 7.61. The van der Waals surface area contributed by atoms with Crippen LogP contribution in [0.15, 0.2) is 0 Å². The first-order valence-electron chi connectivity index (χ1n) is 6.90. The molecule has 0 N–H and O–H groups in total. The molecule has 0 aromatic heterocycles. The van der Waals surface area contributed by atoms with E-state index in [-0.39, 0.29) is 0 Å². The van der Waals surface area contributed by atoms with Gasteiger partial charge >= 0.3 is 0 Å². The van der Waals surface area contributed by atoms with Gasteiger partial charge in [0.15, 0.2) is 0 Å². The van der Waals surface area contributed by atoms with E-state index < -0.39 is 0 Å². The largest absolute Gasteiger partial charge is 0.303 e. The van der Waals surface area contributed by atoms with Gasteiger partial charge in [-0.1, -0.05) is 27.2 Å². The van der Waals surface area contributed by atoms with Gasteiger partial charge in [0.2, 0.25) is 0 Å². The normalized spacial score (nSPS) is 53.7. The van der Waals surface area contributed by atoms with Gasteiger partial charge in [0.05, 0.1) is 0 Å². The lowest BCUT2D eigenvalue weighted by atomic mass is 9.32. The first-order valence-corrected chi connectivity index (χ1v) is 6.90. The summed E-state index contributed by atoms with van der Waals surface area (Å²) in [6.45, 7) is 7.21. The van der Waals surface area contributed by atoms with Crippen LogP contribution in [0.25, 0.3) is 0 Å². The molecule has 4 atom stereocenters. The van der Waals surface area contributed by atoms with E-state index in [4.69, 9.17) is 0 Å². The van der Waals surface area contributed by atoms with Crippen LogP contribution in [0, 0.1) is 28.1 Å². The second kappa shape index (κ2) is 2.91. The topological polar surface area (TPSA) is 17.1 Å². The number of fused-ring (bicyclic) bond motifs is 1. The van der Waals surface area contributed by atoms with Crippen LogP contribution in [0.4, 0.5) is 0 Å². The van der Waals surface area contributed by atoms with Gasteiger partial charge in [0.1, 0.15) is 6.29 Å². The maximum atomic E-state index is 11.5. The van der Waals surface area contributed by atoms with Crippen LogP contribution >= 0.6 is 0 Å². The van der Waals surface area contributed by atoms with Gasteiger partial charge in [-0.25, -0.2) is 0 Å². The molecule has 16 heavy (non-hydrogen) atoms. The van der Waals surface area contributed by atoms with Crippen LogP contribution in [-0.4, -0.2) is 6.29 Å². The summed E-state index contributed by atoms with van der Waals surface area (Å²) in [4.78, 5) is 11.5. The fourth-order valence-corrected chi connectivity index (χ4v) is 5.81. The van der Waals surface area contributed by atoms with Gasteiger partial charge in [0, 0.05) is 5.92 Å². The van der Waals surface area contributed by atoms with Crippen molar-refractivity contribution in [3.63, 3.8) is 0 Å². The summed E-state index contributed by atoms with van der Waals surface area (Å²) in [7, 11) is 0. The van der Waals surface area contributed by atoms with E-state index in [9.17, 15) is 4.79 Å². The van der Waals surface area contributed by atoms with Crippen molar-refractivity contribution in [3.8, 4) is 0 Å². The van der Waals surface area contributed by atoms with Crippen LogP contribution in [0.1, 0.15) is 59.3 Å². The van der Waals surface area contributed by atoms with Gasteiger partial charge in [-0.05, 0) is 54.3 Å². The predicted molar refractivity (Wildman–Crippen MR) is 65.1 cm³/mol. The average molecular weight is 220 g/mol. The lowest BCUT2D eigenvalue weighted by Gasteiger charge is -2.72. The summed E-state index contributed by atoms with van der Waals surface area (Å²) < 4.78 is 0. The molecule has 0 saturated heterocycles. The molecule has 1 spiro atoms. The molecule has 2 bridgehead atoms. The molecular weight excluding hydrogens is 196 g/mol. The summed E-state index contributed by atoms with van der Waals surface area (Å²) in [6.07, 6.45) is 9.31. The monoisotopic (exact) mass is 220 g/mol. The second-order valence-corrected chi connectivity index (χ2v) is 7.61. The Hall–Kier alpha value is -0.330. The molecule has 0 amide bonds. The minimum absolute atomic E-state index is 0.367. The maximum absolute atomic E-state index is 11.5. The highest BCUT2D eigenvalue weighted by molar-refractivity contribution is 5.60. The van der Waals surface area contributed by atoms with E-state index in [1.807, 2.05) is 0 Å². The lowest BCUT2D eigenvalue weighted by Crippen LogP contribution is -2.66. The summed E-state index contributed by atoms with van der Waals surface area (Å²) >= 11 is 0. The Labute approximate surface area is 99.0 Å². The summed E-state index contributed by atoms with van der Waals surface area (Å²) in [6, 6.07) is 0. The van der Waals surface area contributed by atoms with E-state index >= 15 is 0 Å². The highest BCUT2D eigenvalue weighted by Crippen LogP contribution is 2.75. The molecule has 90 valence electrons. The number of aldehydes is 1. The predicted octanol–water partition coefficient (Wildman–Crippen LogP) is 3.82. The van der Waals surface area contributed by atoms with Crippen LogP contribution < -0.4 is 0 Å². The number of rotatable bonds is 1. The zero-order valence-corrected chi connectivity index (χ0v) is 10.9. The first-order chi connectivity index (χ1) is 7.45. The molecule has 0 unspecified atom stereocenters. The quantitative estimate of drug-likeness (QED) is 0.614. The zero-order valence-electron chi connectivity index (χ0n) is 10.9. The van der Waals surface area contributed by atoms with Crippen molar-refractivity contribution in [2.24, 2.45) is 28.1 Å². The summed E-state index contributed by atoms with van der Waals surface area (Å²) in [5.41, 5.74) is 1.25. The molecule has 0 aliphatic heterocycles. The Bertz CT molecular complexity index is 332. The molecule has 0 aromatic rings. The van der Waals surface area contributed by atoms with Crippen LogP contribution in [0.5, 0.6) is 0 Å². The van der Waals surface area contributed by atoms with Gasteiger partial charge in [0.25, 0.3) is 0 Å². The zero-order chi connectivity index (χ0) is 11.6. The molecule has 4 fully saturated rings. The first kappa shape index (κ1) is 10.8. The van der Waals surface area contributed by atoms with Gasteiger partial charge in [-0.3, -0.25) is 0 Å². The van der Waals surface area contributed by atoms with Gasteiger partial charge in [-0.2, -0.15) is 0 Å². The van der Waals surface area contributed by atoms with Crippen molar-refractivity contribution in [2.75, 3.05) is 0 Å². The molecular formula is C15H24O. The smallest absolute Gasteiger partial charge is 0.124 e. The number of hydrogen-bond donors (Lipinski definition) is 0. The Balaban J connectivity index is 1.99. The molecule has 1 heteroatoms. The van der Waals surface area contributed by atoms with E-state index in [0.717, 1.165) is 5.92 Å². The fourth-order valence-electron chi connectivity index (χ4n) is 5.81. The Morgan fingerprint density at radius 3 is 2.56 bits per heavy atom. The van der Waals surface area contributed by atoms with Crippen LogP contribution in [0.3, 0.4) is 0 Å². The minimum atomic E-state index is 0.367. The minimum Gasteiger partial charge on any atom is -0.303 e. The Morgan fingerprint density at radius 2 is 1.88 bits per heavy atom. The van der Waals surface area contributed by atoms with Crippen molar-refractivity contribution >= 4 is 6.29 Å². The summed E-state index contributed by atoms with van der Waals surface area (Å²) in [5, 5.41) is 0. The third-order valence-electron chi connectivity index (χ3n) is 6.34. The molecule has 0 heterocycles. The third kappa shape index (κ3) is 1.05. The van der Waals surface area contributed by atoms with Crippen molar-refractivity contribution in [3.05, 3.63) is 0 Å². The highest BCUT2D eigenvalue weighted by Gasteiger charge is 2.69. The van der Waals surface area contributed by atoms with E-state index in [1.165, 1.54) is 44.8 Å². The van der Waals surface area contributed by atoms with Crippen LogP contribution in [0.2, 0.25) is 0 Å². The number of carbonyl (C=O) groups is 1. The maximum Gasteiger partial charge on any atom is 0.124 e. The van der Waals surface area contributed by atoms with Crippen molar-refractivity contribution in [1.82, 2.24) is 0 Å². The fraction of sp³-hybridized carbons (Fsp3) is 0.933. The molecule has 0 radical (unpaired) electrons. The van der Waals surface area contributed by atoms with Gasteiger partial charge < -0.3 is 4.79 Å². The summed E-state index contributed by atoms with van der Waals surface area (Å²) in [5.74, 6) is 1.18. The molecule has 1 nitrogen and oxygen atoms in total. The molecule has 4 rings (SSSR count). The van der Waals surface area contributed by atoms with Crippen LogP contribution in [-0.2, 0) is 4.79 Å². The average Bonchev–Trinajstić information content (AvgIpc) is 2.15. The SMILES string of the molecule is CC1(C)CCC[C@]23C[C@](C)(CC[C@@H]12)[C@H]3C=O. The van der Waals surface area contributed by atoms with Crippen molar-refractivity contribution in [2.45, 2.75) is 59.3 Å². The third-order valence-corrected chi connectivity index (χ3v) is 6.34. The Morgan fingerprint density at radius 1 is 1.12 bits per heavy atom. The number of hydrogen-bond acceptors (Lipinski definition) is 1. The standard InChI is InChI=1S/C15H24O/c1-13(2)6-4-7-15-10-14(3,12(15)9-16)8-5-11(13)15/h9,11-12H,4-8,10H2,1-3H3/t11-,12+,14-,15-/m0/s1. The highest BCUT2D eigenvalue weighted by atomic mass is 16.1. The Kier molecular flexibility index (Phi) is 1.97. The van der Waals surface area contributed by atoms with Crippen molar-refractivity contribution < 1.29 is 4.79 Å². The molecule has 4 aliphatic carbocycles. The van der Waals surface area contributed by atoms with E-state index in [1.54, 1.807) is 0 Å². The molecule has 4 saturated carbocycles. The molecule has 0 aromatic carbocycles. The lowest BCUT2D eigenvalue weighted by molar-refractivity contribution is -0.231. The van der Waals surface area contributed by atoms with E-state index in [0.29, 0.717) is 22.2 Å². The van der Waals surface area contributed by atoms with Gasteiger partial charge in [-0.15, -0.1) is 0 Å². The van der Waals surface area contributed by atoms with Crippen molar-refractivity contribution in [1.29, 1.82) is 0 Å².